The molecule has 3 heteroatoms. The number of nitrogens with one attached hydrogen (secondary N) is 1. The van der Waals surface area contributed by atoms with Crippen molar-refractivity contribution < 1.29 is 4.74 Å². The number of ether oxygens (including phenoxy) is 1. The predicted octanol–water partition coefficient (Wildman–Crippen LogP) is 3.92. The normalized spacial score (nSPS) is 12.4. The fourth-order valence-electron chi connectivity index (χ4n) is 1.93. The van der Waals surface area contributed by atoms with E-state index in [2.05, 4.69) is 25.2 Å². The van der Waals surface area contributed by atoms with Gasteiger partial charge in [-0.1, -0.05) is 31.5 Å². The largest absolute Gasteiger partial charge is 0.497 e. The molecule has 1 unspecified atom stereocenters. The Morgan fingerprint density at radius 3 is 2.72 bits per heavy atom. The highest BCUT2D eigenvalue weighted by atomic mass is 35.5. The van der Waals surface area contributed by atoms with E-state index in [4.69, 9.17) is 16.3 Å². The maximum absolute atomic E-state index is 6.23. The standard InChI is InChI=1S/C15H24ClNO/c1-4-17-10-9-12(2)5-6-13-7-8-14(18-3)11-15(13)16/h7-8,11-12,17H,4-6,9-10H2,1-3H3. The van der Waals surface area contributed by atoms with Crippen LogP contribution in [0.25, 0.3) is 0 Å². The van der Waals surface area contributed by atoms with Crippen LogP contribution in [0.4, 0.5) is 0 Å². The average molecular weight is 270 g/mol. The highest BCUT2D eigenvalue weighted by molar-refractivity contribution is 6.31. The van der Waals surface area contributed by atoms with Crippen molar-refractivity contribution in [2.75, 3.05) is 20.2 Å². The number of hydrogen-bond donors (Lipinski definition) is 1. The van der Waals surface area contributed by atoms with E-state index >= 15 is 0 Å². The number of rotatable bonds is 8. The molecular weight excluding hydrogens is 246 g/mol. The molecule has 0 spiro atoms. The summed E-state index contributed by atoms with van der Waals surface area (Å²) in [6.45, 7) is 6.60. The minimum atomic E-state index is 0.724. The maximum Gasteiger partial charge on any atom is 0.120 e. The molecule has 0 radical (unpaired) electrons. The molecule has 0 aliphatic carbocycles. The zero-order valence-corrected chi connectivity index (χ0v) is 12.4. The maximum atomic E-state index is 6.23. The van der Waals surface area contributed by atoms with E-state index in [1.807, 2.05) is 12.1 Å². The van der Waals surface area contributed by atoms with Gasteiger partial charge in [0.05, 0.1) is 7.11 Å². The third-order valence-electron chi connectivity index (χ3n) is 3.23. The van der Waals surface area contributed by atoms with Crippen LogP contribution in [0.1, 0.15) is 32.3 Å². The van der Waals surface area contributed by atoms with Crippen LogP contribution in [0.5, 0.6) is 5.75 Å². The minimum Gasteiger partial charge on any atom is -0.497 e. The molecule has 18 heavy (non-hydrogen) atoms. The van der Waals surface area contributed by atoms with Crippen LogP contribution in [0, 0.1) is 5.92 Å². The quantitative estimate of drug-likeness (QED) is 0.723. The number of hydrogen-bond acceptors (Lipinski definition) is 2. The Labute approximate surface area is 116 Å². The van der Waals surface area contributed by atoms with Gasteiger partial charge < -0.3 is 10.1 Å². The van der Waals surface area contributed by atoms with Crippen molar-refractivity contribution in [1.29, 1.82) is 0 Å². The summed E-state index contributed by atoms with van der Waals surface area (Å²) in [5, 5.41) is 4.17. The minimum absolute atomic E-state index is 0.724. The molecule has 0 aliphatic heterocycles. The summed E-state index contributed by atoms with van der Waals surface area (Å²) >= 11 is 6.23. The zero-order chi connectivity index (χ0) is 13.4. The third-order valence-corrected chi connectivity index (χ3v) is 3.58. The zero-order valence-electron chi connectivity index (χ0n) is 11.6. The van der Waals surface area contributed by atoms with Crippen LogP contribution in [0.3, 0.4) is 0 Å². The fraction of sp³-hybridized carbons (Fsp3) is 0.600. The van der Waals surface area contributed by atoms with Gasteiger partial charge in [-0.3, -0.25) is 0 Å². The van der Waals surface area contributed by atoms with Crippen molar-refractivity contribution in [1.82, 2.24) is 5.32 Å². The lowest BCUT2D eigenvalue weighted by molar-refractivity contribution is 0.414. The first-order valence-electron chi connectivity index (χ1n) is 6.70. The van der Waals surface area contributed by atoms with Crippen molar-refractivity contribution in [3.05, 3.63) is 28.8 Å². The van der Waals surface area contributed by atoms with Gasteiger partial charge in [0, 0.05) is 5.02 Å². The molecule has 0 aromatic heterocycles. The van der Waals surface area contributed by atoms with E-state index in [1.54, 1.807) is 7.11 Å². The van der Waals surface area contributed by atoms with Crippen LogP contribution in [0.15, 0.2) is 18.2 Å². The first-order valence-corrected chi connectivity index (χ1v) is 7.08. The first kappa shape index (κ1) is 15.3. The lowest BCUT2D eigenvalue weighted by Crippen LogP contribution is -2.16. The van der Waals surface area contributed by atoms with Gasteiger partial charge in [0.2, 0.25) is 0 Å². The van der Waals surface area contributed by atoms with E-state index in [0.717, 1.165) is 36.2 Å². The van der Waals surface area contributed by atoms with E-state index in [9.17, 15) is 0 Å². The predicted molar refractivity (Wildman–Crippen MR) is 78.6 cm³/mol. The molecule has 0 heterocycles. The average Bonchev–Trinajstić information content (AvgIpc) is 2.37. The number of benzene rings is 1. The van der Waals surface area contributed by atoms with Gasteiger partial charge in [-0.25, -0.2) is 0 Å². The molecule has 1 N–H and O–H groups in total. The topological polar surface area (TPSA) is 21.3 Å². The van der Waals surface area contributed by atoms with E-state index in [0.29, 0.717) is 0 Å². The summed E-state index contributed by atoms with van der Waals surface area (Å²) < 4.78 is 5.15. The number of aryl methyl sites for hydroxylation is 1. The van der Waals surface area contributed by atoms with Crippen LogP contribution in [-0.4, -0.2) is 20.2 Å². The monoisotopic (exact) mass is 269 g/mol. The molecule has 0 saturated carbocycles. The summed E-state index contributed by atoms with van der Waals surface area (Å²) in [4.78, 5) is 0. The fourth-order valence-corrected chi connectivity index (χ4v) is 2.19. The van der Waals surface area contributed by atoms with E-state index in [1.165, 1.54) is 18.4 Å². The van der Waals surface area contributed by atoms with Crippen molar-refractivity contribution >= 4 is 11.6 Å². The van der Waals surface area contributed by atoms with Crippen LogP contribution in [-0.2, 0) is 6.42 Å². The van der Waals surface area contributed by atoms with Gasteiger partial charge in [-0.05, 0) is 56.0 Å². The molecule has 1 atom stereocenters. The lowest BCUT2D eigenvalue weighted by atomic mass is 9.98. The number of methoxy groups -OCH3 is 1. The second-order valence-electron chi connectivity index (χ2n) is 4.74. The molecule has 0 saturated heterocycles. The highest BCUT2D eigenvalue weighted by Crippen LogP contribution is 2.24. The van der Waals surface area contributed by atoms with Gasteiger partial charge in [-0.15, -0.1) is 0 Å². The summed E-state index contributed by atoms with van der Waals surface area (Å²) in [6.07, 6.45) is 3.44. The van der Waals surface area contributed by atoms with E-state index < -0.39 is 0 Å². The third kappa shape index (κ3) is 5.28. The summed E-state index contributed by atoms with van der Waals surface area (Å²) in [7, 11) is 1.66. The summed E-state index contributed by atoms with van der Waals surface area (Å²) in [5.41, 5.74) is 1.22. The summed E-state index contributed by atoms with van der Waals surface area (Å²) in [6, 6.07) is 5.93. The second-order valence-corrected chi connectivity index (χ2v) is 5.15. The molecular formula is C15H24ClNO. The number of halogens is 1. The van der Waals surface area contributed by atoms with Crippen molar-refractivity contribution in [3.63, 3.8) is 0 Å². The van der Waals surface area contributed by atoms with Crippen LogP contribution >= 0.6 is 11.6 Å². The van der Waals surface area contributed by atoms with Crippen LogP contribution in [0.2, 0.25) is 5.02 Å². The van der Waals surface area contributed by atoms with Crippen molar-refractivity contribution in [2.24, 2.45) is 5.92 Å². The Morgan fingerprint density at radius 1 is 1.33 bits per heavy atom. The van der Waals surface area contributed by atoms with Crippen molar-refractivity contribution in [2.45, 2.75) is 33.1 Å². The Morgan fingerprint density at radius 2 is 2.11 bits per heavy atom. The van der Waals surface area contributed by atoms with Crippen LogP contribution < -0.4 is 10.1 Å². The Balaban J connectivity index is 2.38. The van der Waals surface area contributed by atoms with Gasteiger partial charge in [0.25, 0.3) is 0 Å². The van der Waals surface area contributed by atoms with Crippen molar-refractivity contribution in [3.8, 4) is 5.75 Å². The van der Waals surface area contributed by atoms with Gasteiger partial charge in [-0.2, -0.15) is 0 Å². The van der Waals surface area contributed by atoms with Gasteiger partial charge in [0.15, 0.2) is 0 Å². The SMILES string of the molecule is CCNCCC(C)CCc1ccc(OC)cc1Cl. The van der Waals surface area contributed by atoms with Gasteiger partial charge >= 0.3 is 0 Å². The first-order chi connectivity index (χ1) is 8.67. The molecule has 102 valence electrons. The molecule has 0 bridgehead atoms. The molecule has 0 fully saturated rings. The molecule has 1 aromatic rings. The smallest absolute Gasteiger partial charge is 0.120 e. The molecule has 1 aromatic carbocycles. The second kappa shape index (κ2) is 8.39. The Hall–Kier alpha value is -0.730. The highest BCUT2D eigenvalue weighted by Gasteiger charge is 2.06. The molecule has 2 nitrogen and oxygen atoms in total. The Kier molecular flexibility index (Phi) is 7.14. The molecule has 0 aliphatic rings. The van der Waals surface area contributed by atoms with Gasteiger partial charge in [0.1, 0.15) is 5.75 Å². The lowest BCUT2D eigenvalue weighted by Gasteiger charge is -2.12. The molecule has 1 rings (SSSR count). The van der Waals surface area contributed by atoms with E-state index in [-0.39, 0.29) is 0 Å². The summed E-state index contributed by atoms with van der Waals surface area (Å²) in [5.74, 6) is 1.55. The Bertz CT molecular complexity index is 354. The molecule has 0 amide bonds.